The Bertz CT molecular complexity index is 629. The van der Waals surface area contributed by atoms with E-state index >= 15 is 0 Å². The fourth-order valence-corrected chi connectivity index (χ4v) is 1.59. The molecule has 0 atom stereocenters. The van der Waals surface area contributed by atoms with Crippen LogP contribution < -0.4 is 5.73 Å². The first-order chi connectivity index (χ1) is 7.83. The van der Waals surface area contributed by atoms with Crippen LogP contribution in [0.4, 0.5) is 5.69 Å². The van der Waals surface area contributed by atoms with Crippen molar-refractivity contribution >= 4 is 16.7 Å². The van der Waals surface area contributed by atoms with Crippen LogP contribution in [0.1, 0.15) is 0 Å². The number of fused-ring (bicyclic) bond motifs is 1. The summed E-state index contributed by atoms with van der Waals surface area (Å²) in [6, 6.07) is 5.57. The van der Waals surface area contributed by atoms with Crippen LogP contribution in [0.25, 0.3) is 22.4 Å². The lowest BCUT2D eigenvalue weighted by Gasteiger charge is -1.92. The van der Waals surface area contributed by atoms with Gasteiger partial charge in [-0.15, -0.1) is 0 Å². The van der Waals surface area contributed by atoms with Crippen LogP contribution in [0, 0.1) is 0 Å². The minimum Gasteiger partial charge on any atom is -0.399 e. The second-order valence-electron chi connectivity index (χ2n) is 3.49. The SMILES string of the molecule is Nc1ccc2nc(-c3cncnc3)[nH]c2c1. The van der Waals surface area contributed by atoms with E-state index in [4.69, 9.17) is 5.73 Å². The van der Waals surface area contributed by atoms with Gasteiger partial charge in [0.1, 0.15) is 12.2 Å². The standard InChI is InChI=1S/C11H9N5/c12-8-1-2-9-10(3-8)16-11(15-9)7-4-13-6-14-5-7/h1-6H,12H2,(H,15,16). The van der Waals surface area contributed by atoms with E-state index in [0.717, 1.165) is 22.4 Å². The number of anilines is 1. The maximum absolute atomic E-state index is 5.70. The summed E-state index contributed by atoms with van der Waals surface area (Å²) < 4.78 is 0. The summed E-state index contributed by atoms with van der Waals surface area (Å²) in [7, 11) is 0. The molecule has 0 fully saturated rings. The van der Waals surface area contributed by atoms with E-state index in [-0.39, 0.29) is 0 Å². The molecule has 0 aliphatic heterocycles. The molecule has 0 saturated carbocycles. The summed E-state index contributed by atoms with van der Waals surface area (Å²) in [6.07, 6.45) is 4.92. The molecule has 16 heavy (non-hydrogen) atoms. The number of rotatable bonds is 1. The molecule has 78 valence electrons. The highest BCUT2D eigenvalue weighted by Gasteiger charge is 2.05. The van der Waals surface area contributed by atoms with Gasteiger partial charge in [0, 0.05) is 18.1 Å². The Kier molecular flexibility index (Phi) is 1.83. The van der Waals surface area contributed by atoms with E-state index in [1.54, 1.807) is 12.4 Å². The van der Waals surface area contributed by atoms with Crippen LogP contribution in [0.3, 0.4) is 0 Å². The van der Waals surface area contributed by atoms with Crippen LogP contribution >= 0.6 is 0 Å². The zero-order valence-electron chi connectivity index (χ0n) is 8.38. The van der Waals surface area contributed by atoms with Gasteiger partial charge in [-0.2, -0.15) is 0 Å². The van der Waals surface area contributed by atoms with Crippen LogP contribution in [-0.2, 0) is 0 Å². The Morgan fingerprint density at radius 3 is 2.75 bits per heavy atom. The average Bonchev–Trinajstić information content (AvgIpc) is 2.73. The molecule has 1 aromatic carbocycles. The van der Waals surface area contributed by atoms with Gasteiger partial charge in [-0.3, -0.25) is 0 Å². The van der Waals surface area contributed by atoms with Crippen molar-refractivity contribution in [2.45, 2.75) is 0 Å². The number of nitrogen functional groups attached to an aromatic ring is 1. The molecule has 0 aliphatic rings. The molecule has 2 heterocycles. The summed E-state index contributed by atoms with van der Waals surface area (Å²) in [5, 5.41) is 0. The molecule has 0 unspecified atom stereocenters. The van der Waals surface area contributed by atoms with Crippen molar-refractivity contribution in [1.29, 1.82) is 0 Å². The van der Waals surface area contributed by atoms with Gasteiger partial charge in [0.2, 0.25) is 0 Å². The molecule has 0 aliphatic carbocycles. The first-order valence-corrected chi connectivity index (χ1v) is 4.83. The summed E-state index contributed by atoms with van der Waals surface area (Å²) in [5.74, 6) is 0.751. The van der Waals surface area contributed by atoms with Gasteiger partial charge >= 0.3 is 0 Å². The first-order valence-electron chi connectivity index (χ1n) is 4.83. The van der Waals surface area contributed by atoms with E-state index in [2.05, 4.69) is 19.9 Å². The second kappa shape index (κ2) is 3.30. The van der Waals surface area contributed by atoms with Gasteiger partial charge in [-0.1, -0.05) is 0 Å². The molecular formula is C11H9N5. The quantitative estimate of drug-likeness (QED) is 0.599. The highest BCUT2D eigenvalue weighted by molar-refractivity contribution is 5.81. The molecule has 5 nitrogen and oxygen atoms in total. The molecule has 3 rings (SSSR count). The molecule has 3 aromatic rings. The summed E-state index contributed by atoms with van der Waals surface area (Å²) in [6.45, 7) is 0. The van der Waals surface area contributed by atoms with Crippen LogP contribution in [0.15, 0.2) is 36.9 Å². The average molecular weight is 211 g/mol. The van der Waals surface area contributed by atoms with Crippen LogP contribution in [0.2, 0.25) is 0 Å². The van der Waals surface area contributed by atoms with Crippen molar-refractivity contribution in [2.75, 3.05) is 5.73 Å². The summed E-state index contributed by atoms with van der Waals surface area (Å²) in [4.78, 5) is 15.5. The van der Waals surface area contributed by atoms with E-state index in [1.165, 1.54) is 6.33 Å². The maximum Gasteiger partial charge on any atom is 0.141 e. The fourth-order valence-electron chi connectivity index (χ4n) is 1.59. The third-order valence-corrected chi connectivity index (χ3v) is 2.34. The monoisotopic (exact) mass is 211 g/mol. The van der Waals surface area contributed by atoms with Gasteiger partial charge in [-0.05, 0) is 18.2 Å². The lowest BCUT2D eigenvalue weighted by atomic mass is 10.3. The molecule has 0 spiro atoms. The molecule has 0 amide bonds. The Labute approximate surface area is 91.4 Å². The first kappa shape index (κ1) is 8.84. The topological polar surface area (TPSA) is 80.5 Å². The summed E-state index contributed by atoms with van der Waals surface area (Å²) in [5.41, 5.74) is 9.07. The zero-order valence-corrected chi connectivity index (χ0v) is 8.38. The Hall–Kier alpha value is -2.43. The highest BCUT2D eigenvalue weighted by atomic mass is 14.9. The lowest BCUT2D eigenvalue weighted by molar-refractivity contribution is 1.15. The Morgan fingerprint density at radius 1 is 1.12 bits per heavy atom. The number of nitrogens with one attached hydrogen (secondary N) is 1. The number of hydrogen-bond donors (Lipinski definition) is 2. The van der Waals surface area contributed by atoms with Crippen molar-refractivity contribution in [3.63, 3.8) is 0 Å². The number of hydrogen-bond acceptors (Lipinski definition) is 4. The highest BCUT2D eigenvalue weighted by Crippen LogP contribution is 2.20. The molecule has 0 bridgehead atoms. The van der Waals surface area contributed by atoms with Crippen molar-refractivity contribution < 1.29 is 0 Å². The van der Waals surface area contributed by atoms with E-state index < -0.39 is 0 Å². The van der Waals surface area contributed by atoms with Crippen molar-refractivity contribution in [1.82, 2.24) is 19.9 Å². The number of aromatic nitrogens is 4. The molecule has 2 aromatic heterocycles. The zero-order chi connectivity index (χ0) is 11.0. The molecule has 5 heteroatoms. The predicted molar refractivity (Wildman–Crippen MR) is 61.5 cm³/mol. The Morgan fingerprint density at radius 2 is 1.94 bits per heavy atom. The smallest absolute Gasteiger partial charge is 0.141 e. The minimum absolute atomic E-state index is 0.715. The number of H-pyrrole nitrogens is 1. The van der Waals surface area contributed by atoms with Gasteiger partial charge in [-0.25, -0.2) is 15.0 Å². The van der Waals surface area contributed by atoms with Crippen molar-refractivity contribution in [3.8, 4) is 11.4 Å². The third-order valence-electron chi connectivity index (χ3n) is 2.34. The number of benzene rings is 1. The second-order valence-corrected chi connectivity index (χ2v) is 3.49. The van der Waals surface area contributed by atoms with Gasteiger partial charge < -0.3 is 10.7 Å². The Balaban J connectivity index is 2.19. The third kappa shape index (κ3) is 1.38. The summed E-state index contributed by atoms with van der Waals surface area (Å²) >= 11 is 0. The number of nitrogens with zero attached hydrogens (tertiary/aromatic N) is 3. The molecule has 0 saturated heterocycles. The van der Waals surface area contributed by atoms with Crippen molar-refractivity contribution in [3.05, 3.63) is 36.9 Å². The van der Waals surface area contributed by atoms with Crippen LogP contribution in [0.5, 0.6) is 0 Å². The molecular weight excluding hydrogens is 202 g/mol. The van der Waals surface area contributed by atoms with Gasteiger partial charge in [0.15, 0.2) is 0 Å². The normalized spacial score (nSPS) is 10.8. The maximum atomic E-state index is 5.70. The van der Waals surface area contributed by atoms with E-state index in [1.807, 2.05) is 18.2 Å². The minimum atomic E-state index is 0.715. The number of nitrogens with two attached hydrogens (primary N) is 1. The van der Waals surface area contributed by atoms with Crippen molar-refractivity contribution in [2.24, 2.45) is 0 Å². The number of imidazole rings is 1. The van der Waals surface area contributed by atoms with Crippen LogP contribution in [-0.4, -0.2) is 19.9 Å². The number of aromatic amines is 1. The largest absolute Gasteiger partial charge is 0.399 e. The molecule has 0 radical (unpaired) electrons. The molecule has 3 N–H and O–H groups in total. The lowest BCUT2D eigenvalue weighted by Crippen LogP contribution is -1.83. The van der Waals surface area contributed by atoms with Gasteiger partial charge in [0.25, 0.3) is 0 Å². The van der Waals surface area contributed by atoms with E-state index in [9.17, 15) is 0 Å². The van der Waals surface area contributed by atoms with E-state index in [0.29, 0.717) is 5.69 Å². The van der Waals surface area contributed by atoms with Gasteiger partial charge in [0.05, 0.1) is 16.6 Å². The fraction of sp³-hybridized carbons (Fsp3) is 0. The predicted octanol–water partition coefficient (Wildman–Crippen LogP) is 1.60.